The van der Waals surface area contributed by atoms with Gasteiger partial charge >= 0.3 is 0 Å². The Morgan fingerprint density at radius 1 is 0.963 bits per heavy atom. The second-order valence-corrected chi connectivity index (χ2v) is 7.73. The number of para-hydroxylation sites is 1. The molecule has 4 rings (SSSR count). The Bertz CT molecular complexity index is 938. The number of piperazine rings is 1. The zero-order valence-electron chi connectivity index (χ0n) is 16.5. The highest BCUT2D eigenvalue weighted by atomic mass is 16.3. The summed E-state index contributed by atoms with van der Waals surface area (Å²) < 4.78 is 0. The first-order valence-corrected chi connectivity index (χ1v) is 9.83. The first kappa shape index (κ1) is 18.1. The Balaban J connectivity index is 1.43. The van der Waals surface area contributed by atoms with Crippen LogP contribution in [0.2, 0.25) is 0 Å². The standard InChI is InChI=1S/C23H29N3O/c1-16-7-6-10-21(17(16)2)26-13-11-25(12-14-26)15-22(27)23-18(3)24-20-9-5-4-8-19(20)23/h4-10,22,24,27H,11-15H2,1-3H3/t22-/m0/s1. The van der Waals surface area contributed by atoms with E-state index in [2.05, 4.69) is 65.9 Å². The molecule has 0 radical (unpaired) electrons. The minimum atomic E-state index is -0.464. The molecule has 4 heteroatoms. The second kappa shape index (κ2) is 7.37. The monoisotopic (exact) mass is 363 g/mol. The van der Waals surface area contributed by atoms with E-state index in [-0.39, 0.29) is 0 Å². The number of anilines is 1. The van der Waals surface area contributed by atoms with Crippen molar-refractivity contribution in [1.29, 1.82) is 0 Å². The van der Waals surface area contributed by atoms with E-state index in [1.165, 1.54) is 16.8 Å². The lowest BCUT2D eigenvalue weighted by atomic mass is 10.0. The molecule has 4 nitrogen and oxygen atoms in total. The van der Waals surface area contributed by atoms with Crippen molar-refractivity contribution in [3.63, 3.8) is 0 Å². The molecule has 0 aliphatic carbocycles. The van der Waals surface area contributed by atoms with E-state index in [1.54, 1.807) is 0 Å². The molecule has 1 atom stereocenters. The van der Waals surface area contributed by atoms with Gasteiger partial charge in [0.1, 0.15) is 0 Å². The Morgan fingerprint density at radius 3 is 2.48 bits per heavy atom. The molecule has 0 amide bonds. The van der Waals surface area contributed by atoms with Gasteiger partial charge in [-0.15, -0.1) is 0 Å². The number of aromatic nitrogens is 1. The largest absolute Gasteiger partial charge is 0.387 e. The fraction of sp³-hybridized carbons (Fsp3) is 0.391. The van der Waals surface area contributed by atoms with Crippen LogP contribution in [0.15, 0.2) is 42.5 Å². The predicted octanol–water partition coefficient (Wildman–Crippen LogP) is 3.95. The van der Waals surface area contributed by atoms with E-state index in [0.717, 1.165) is 48.3 Å². The highest BCUT2D eigenvalue weighted by Gasteiger charge is 2.23. The second-order valence-electron chi connectivity index (χ2n) is 7.73. The summed E-state index contributed by atoms with van der Waals surface area (Å²) in [5, 5.41) is 12.1. The number of hydrogen-bond donors (Lipinski definition) is 2. The van der Waals surface area contributed by atoms with Gasteiger partial charge in [0.2, 0.25) is 0 Å². The lowest BCUT2D eigenvalue weighted by Gasteiger charge is -2.37. The lowest BCUT2D eigenvalue weighted by molar-refractivity contribution is 0.110. The van der Waals surface area contributed by atoms with Crippen LogP contribution < -0.4 is 4.90 Å². The number of rotatable bonds is 4. The Morgan fingerprint density at radius 2 is 1.70 bits per heavy atom. The first-order valence-electron chi connectivity index (χ1n) is 9.83. The van der Waals surface area contributed by atoms with E-state index in [9.17, 15) is 5.11 Å². The van der Waals surface area contributed by atoms with Crippen molar-refractivity contribution in [2.24, 2.45) is 0 Å². The van der Waals surface area contributed by atoms with Crippen LogP contribution in [0, 0.1) is 20.8 Å². The summed E-state index contributed by atoms with van der Waals surface area (Å²) in [5.74, 6) is 0. The summed E-state index contributed by atoms with van der Waals surface area (Å²) in [4.78, 5) is 8.26. The molecule has 1 aliphatic rings. The molecule has 1 saturated heterocycles. The first-order chi connectivity index (χ1) is 13.0. The van der Waals surface area contributed by atoms with Gasteiger partial charge in [0.25, 0.3) is 0 Å². The molecule has 2 aromatic carbocycles. The molecule has 27 heavy (non-hydrogen) atoms. The van der Waals surface area contributed by atoms with Gasteiger partial charge in [0, 0.05) is 60.6 Å². The summed E-state index contributed by atoms with van der Waals surface area (Å²) in [7, 11) is 0. The minimum absolute atomic E-state index is 0.464. The fourth-order valence-corrected chi connectivity index (χ4v) is 4.31. The molecular weight excluding hydrogens is 334 g/mol. The number of β-amino-alcohol motifs (C(OH)–C–C–N with tert-alkyl or cyclic N) is 1. The molecule has 142 valence electrons. The highest BCUT2D eigenvalue weighted by molar-refractivity contribution is 5.84. The number of fused-ring (bicyclic) bond motifs is 1. The van der Waals surface area contributed by atoms with Crippen molar-refractivity contribution in [3.05, 3.63) is 64.8 Å². The highest BCUT2D eigenvalue weighted by Crippen LogP contribution is 2.29. The average Bonchev–Trinajstić information content (AvgIpc) is 3.00. The maximum absolute atomic E-state index is 10.9. The predicted molar refractivity (Wildman–Crippen MR) is 113 cm³/mol. The van der Waals surface area contributed by atoms with E-state index >= 15 is 0 Å². The number of aliphatic hydroxyl groups excluding tert-OH is 1. The summed E-state index contributed by atoms with van der Waals surface area (Å²) >= 11 is 0. The normalized spacial score (nSPS) is 16.8. The van der Waals surface area contributed by atoms with Crippen LogP contribution in [0.3, 0.4) is 0 Å². The quantitative estimate of drug-likeness (QED) is 0.738. The number of aliphatic hydroxyl groups is 1. The maximum Gasteiger partial charge on any atom is 0.0940 e. The fourth-order valence-electron chi connectivity index (χ4n) is 4.31. The Hall–Kier alpha value is -2.30. The average molecular weight is 364 g/mol. The van der Waals surface area contributed by atoms with Crippen LogP contribution in [-0.2, 0) is 0 Å². The van der Waals surface area contributed by atoms with Crippen molar-refractivity contribution < 1.29 is 5.11 Å². The molecular formula is C23H29N3O. The van der Waals surface area contributed by atoms with Crippen LogP contribution in [0.4, 0.5) is 5.69 Å². The topological polar surface area (TPSA) is 42.5 Å². The zero-order chi connectivity index (χ0) is 19.0. The van der Waals surface area contributed by atoms with E-state index in [0.29, 0.717) is 6.54 Å². The number of benzene rings is 2. The van der Waals surface area contributed by atoms with Gasteiger partial charge in [0.05, 0.1) is 6.10 Å². The van der Waals surface area contributed by atoms with Gasteiger partial charge < -0.3 is 15.0 Å². The summed E-state index contributed by atoms with van der Waals surface area (Å²) in [5.41, 5.74) is 7.28. The van der Waals surface area contributed by atoms with Gasteiger partial charge in [-0.05, 0) is 44.0 Å². The number of H-pyrrole nitrogens is 1. The lowest BCUT2D eigenvalue weighted by Crippen LogP contribution is -2.47. The van der Waals surface area contributed by atoms with Crippen molar-refractivity contribution in [1.82, 2.24) is 9.88 Å². The van der Waals surface area contributed by atoms with E-state index < -0.39 is 6.10 Å². The minimum Gasteiger partial charge on any atom is -0.387 e. The molecule has 1 fully saturated rings. The third-order valence-electron chi connectivity index (χ3n) is 6.00. The van der Waals surface area contributed by atoms with Crippen molar-refractivity contribution in [2.45, 2.75) is 26.9 Å². The summed E-state index contributed by atoms with van der Waals surface area (Å²) in [6, 6.07) is 14.8. The van der Waals surface area contributed by atoms with Crippen molar-refractivity contribution >= 4 is 16.6 Å². The summed E-state index contributed by atoms with van der Waals surface area (Å²) in [6.45, 7) is 11.1. The van der Waals surface area contributed by atoms with Gasteiger partial charge in [-0.25, -0.2) is 0 Å². The molecule has 0 spiro atoms. The third kappa shape index (κ3) is 3.47. The van der Waals surface area contributed by atoms with Crippen LogP contribution in [0.25, 0.3) is 10.9 Å². The molecule has 2 heterocycles. The number of nitrogens with one attached hydrogen (secondary N) is 1. The molecule has 1 aliphatic heterocycles. The van der Waals surface area contributed by atoms with E-state index in [4.69, 9.17) is 0 Å². The third-order valence-corrected chi connectivity index (χ3v) is 6.00. The van der Waals surface area contributed by atoms with Gasteiger partial charge in [-0.2, -0.15) is 0 Å². The van der Waals surface area contributed by atoms with Gasteiger partial charge in [-0.1, -0.05) is 30.3 Å². The van der Waals surface area contributed by atoms with E-state index in [1.807, 2.05) is 12.1 Å². The number of hydrogen-bond acceptors (Lipinski definition) is 3. The molecule has 0 saturated carbocycles. The SMILES string of the molecule is Cc1cccc(N2CCN(C[C@H](O)c3c(C)[nH]c4ccccc34)CC2)c1C. The maximum atomic E-state index is 10.9. The molecule has 3 aromatic rings. The van der Waals surface area contributed by atoms with Gasteiger partial charge in [0.15, 0.2) is 0 Å². The zero-order valence-corrected chi connectivity index (χ0v) is 16.5. The smallest absolute Gasteiger partial charge is 0.0940 e. The van der Waals surface area contributed by atoms with Crippen LogP contribution in [-0.4, -0.2) is 47.7 Å². The number of aryl methyl sites for hydroxylation is 2. The molecule has 2 N–H and O–H groups in total. The Labute approximate surface area is 161 Å². The summed E-state index contributed by atoms with van der Waals surface area (Å²) in [6.07, 6.45) is -0.464. The van der Waals surface area contributed by atoms with Crippen LogP contribution >= 0.6 is 0 Å². The number of nitrogens with zero attached hydrogens (tertiary/aromatic N) is 2. The molecule has 1 aromatic heterocycles. The van der Waals surface area contributed by atoms with Gasteiger partial charge in [-0.3, -0.25) is 4.90 Å². The van der Waals surface area contributed by atoms with Crippen LogP contribution in [0.5, 0.6) is 0 Å². The van der Waals surface area contributed by atoms with Crippen molar-refractivity contribution in [2.75, 3.05) is 37.6 Å². The molecule has 0 bridgehead atoms. The number of aromatic amines is 1. The molecule has 0 unspecified atom stereocenters. The Kier molecular flexibility index (Phi) is 4.94. The van der Waals surface area contributed by atoms with Crippen molar-refractivity contribution in [3.8, 4) is 0 Å². The van der Waals surface area contributed by atoms with Crippen LogP contribution in [0.1, 0.15) is 28.5 Å².